The zero-order valence-electron chi connectivity index (χ0n) is 12.3. The molecule has 0 saturated carbocycles. The minimum Gasteiger partial charge on any atom is -0.377 e. The number of aryl methyl sites for hydroxylation is 1. The molecule has 1 fully saturated rings. The Bertz CT molecular complexity index is 656. The average molecular weight is 320 g/mol. The molecule has 1 aromatic carbocycles. The zero-order valence-corrected chi connectivity index (χ0v) is 13.1. The lowest BCUT2D eigenvalue weighted by Crippen LogP contribution is -2.44. The van der Waals surface area contributed by atoms with E-state index in [0.717, 1.165) is 16.3 Å². The predicted molar refractivity (Wildman–Crippen MR) is 82.2 cm³/mol. The Morgan fingerprint density at radius 2 is 2.23 bits per heavy atom. The van der Waals surface area contributed by atoms with Gasteiger partial charge in [-0.2, -0.15) is 0 Å². The van der Waals surface area contributed by atoms with Crippen molar-refractivity contribution in [3.63, 3.8) is 0 Å². The number of carbonyl (C=O) groups excluding carboxylic acids is 1. The quantitative estimate of drug-likeness (QED) is 0.873. The van der Waals surface area contributed by atoms with Gasteiger partial charge in [0, 0.05) is 11.9 Å². The average Bonchev–Trinajstić information content (AvgIpc) is 2.96. The monoisotopic (exact) mass is 320 g/mol. The van der Waals surface area contributed by atoms with E-state index in [-0.39, 0.29) is 24.2 Å². The minimum atomic E-state index is -0.293. The van der Waals surface area contributed by atoms with Gasteiger partial charge in [-0.15, -0.1) is 11.3 Å². The maximum atomic E-state index is 12.9. The number of carbonyl (C=O) groups is 1. The number of hydrogen-bond acceptors (Lipinski definition) is 4. The molecule has 0 aliphatic carbocycles. The molecular formula is C16H17FN2O2S. The molecule has 1 aliphatic heterocycles. The standard InChI is InChI=1S/C16H17FN2O2S/c1-11-18-14(10-22-11)15-9-21-7-6-19(15)16(20)8-12-2-4-13(17)5-3-12/h2-5,10,15H,6-9H2,1H3/t15-/m1/s1. The van der Waals surface area contributed by atoms with Gasteiger partial charge in [-0.25, -0.2) is 9.37 Å². The lowest BCUT2D eigenvalue weighted by atomic mass is 10.1. The molecule has 1 saturated heterocycles. The molecule has 0 bridgehead atoms. The van der Waals surface area contributed by atoms with Gasteiger partial charge < -0.3 is 9.64 Å². The smallest absolute Gasteiger partial charge is 0.227 e. The summed E-state index contributed by atoms with van der Waals surface area (Å²) in [5, 5.41) is 2.96. The van der Waals surface area contributed by atoms with E-state index in [4.69, 9.17) is 4.74 Å². The molecule has 4 nitrogen and oxygen atoms in total. The predicted octanol–water partition coefficient (Wildman–Crippen LogP) is 2.73. The van der Waals surface area contributed by atoms with Crippen molar-refractivity contribution in [1.29, 1.82) is 0 Å². The maximum absolute atomic E-state index is 12.9. The number of ether oxygens (including phenoxy) is 1. The van der Waals surface area contributed by atoms with Crippen molar-refractivity contribution in [2.45, 2.75) is 19.4 Å². The molecule has 22 heavy (non-hydrogen) atoms. The third kappa shape index (κ3) is 3.34. The molecule has 0 N–H and O–H groups in total. The van der Waals surface area contributed by atoms with E-state index < -0.39 is 0 Å². The summed E-state index contributed by atoms with van der Waals surface area (Å²) in [4.78, 5) is 18.9. The van der Waals surface area contributed by atoms with Crippen molar-refractivity contribution in [3.05, 3.63) is 51.7 Å². The van der Waals surface area contributed by atoms with Crippen LogP contribution in [0, 0.1) is 12.7 Å². The summed E-state index contributed by atoms with van der Waals surface area (Å²) in [6, 6.07) is 5.92. The Morgan fingerprint density at radius 3 is 2.91 bits per heavy atom. The van der Waals surface area contributed by atoms with Crippen molar-refractivity contribution >= 4 is 17.2 Å². The van der Waals surface area contributed by atoms with E-state index in [2.05, 4.69) is 4.98 Å². The fraction of sp³-hybridized carbons (Fsp3) is 0.375. The van der Waals surface area contributed by atoms with Gasteiger partial charge in [-0.3, -0.25) is 4.79 Å². The maximum Gasteiger partial charge on any atom is 0.227 e. The third-order valence-electron chi connectivity index (χ3n) is 3.70. The van der Waals surface area contributed by atoms with Crippen LogP contribution in [-0.2, 0) is 16.0 Å². The minimum absolute atomic E-state index is 0.0190. The van der Waals surface area contributed by atoms with Crippen LogP contribution in [0.4, 0.5) is 4.39 Å². The van der Waals surface area contributed by atoms with E-state index in [1.807, 2.05) is 17.2 Å². The molecule has 2 aromatic rings. The van der Waals surface area contributed by atoms with Crippen molar-refractivity contribution in [3.8, 4) is 0 Å². The first-order valence-corrected chi connectivity index (χ1v) is 8.05. The summed E-state index contributed by atoms with van der Waals surface area (Å²) >= 11 is 1.57. The van der Waals surface area contributed by atoms with Gasteiger partial charge in [0.15, 0.2) is 0 Å². The molecule has 1 aromatic heterocycles. The van der Waals surface area contributed by atoms with Crippen LogP contribution in [0.5, 0.6) is 0 Å². The van der Waals surface area contributed by atoms with Crippen LogP contribution in [0.3, 0.4) is 0 Å². The number of halogens is 1. The molecule has 1 atom stereocenters. The molecule has 3 rings (SSSR count). The topological polar surface area (TPSA) is 42.4 Å². The van der Waals surface area contributed by atoms with E-state index in [1.54, 1.807) is 23.5 Å². The van der Waals surface area contributed by atoms with Crippen LogP contribution in [0.15, 0.2) is 29.6 Å². The number of morpholine rings is 1. The second kappa shape index (κ2) is 6.54. The molecule has 116 valence electrons. The van der Waals surface area contributed by atoms with Crippen LogP contribution in [-0.4, -0.2) is 35.5 Å². The van der Waals surface area contributed by atoms with Crippen LogP contribution < -0.4 is 0 Å². The first kappa shape index (κ1) is 15.1. The molecule has 0 radical (unpaired) electrons. The Labute approximate surface area is 132 Å². The number of benzene rings is 1. The first-order chi connectivity index (χ1) is 10.6. The molecule has 6 heteroatoms. The summed E-state index contributed by atoms with van der Waals surface area (Å²) in [5.74, 6) is -0.274. The van der Waals surface area contributed by atoms with Crippen LogP contribution >= 0.6 is 11.3 Å². The van der Waals surface area contributed by atoms with Crippen LogP contribution in [0.1, 0.15) is 22.3 Å². The van der Waals surface area contributed by atoms with Crippen molar-refractivity contribution in [1.82, 2.24) is 9.88 Å². The fourth-order valence-electron chi connectivity index (χ4n) is 2.56. The second-order valence-electron chi connectivity index (χ2n) is 5.27. The van der Waals surface area contributed by atoms with Crippen molar-refractivity contribution in [2.24, 2.45) is 0 Å². The highest BCUT2D eigenvalue weighted by molar-refractivity contribution is 7.09. The highest BCUT2D eigenvalue weighted by Crippen LogP contribution is 2.26. The first-order valence-electron chi connectivity index (χ1n) is 7.17. The highest BCUT2D eigenvalue weighted by atomic mass is 32.1. The molecule has 0 unspecified atom stereocenters. The van der Waals surface area contributed by atoms with E-state index in [0.29, 0.717) is 19.8 Å². The lowest BCUT2D eigenvalue weighted by Gasteiger charge is -2.34. The van der Waals surface area contributed by atoms with Gasteiger partial charge in [0.2, 0.25) is 5.91 Å². The molecule has 0 spiro atoms. The second-order valence-corrected chi connectivity index (χ2v) is 6.33. The van der Waals surface area contributed by atoms with Crippen molar-refractivity contribution < 1.29 is 13.9 Å². The van der Waals surface area contributed by atoms with Gasteiger partial charge >= 0.3 is 0 Å². The Balaban J connectivity index is 1.75. The largest absolute Gasteiger partial charge is 0.377 e. The SMILES string of the molecule is Cc1nc([C@H]2COCCN2C(=O)Cc2ccc(F)cc2)cs1. The van der Waals surface area contributed by atoms with Crippen LogP contribution in [0.2, 0.25) is 0 Å². The summed E-state index contributed by atoms with van der Waals surface area (Å²) in [5.41, 5.74) is 1.70. The molecular weight excluding hydrogens is 303 g/mol. The molecule has 1 amide bonds. The third-order valence-corrected chi connectivity index (χ3v) is 4.49. The number of amides is 1. The van der Waals surface area contributed by atoms with Gasteiger partial charge in [0.05, 0.1) is 36.4 Å². The number of hydrogen-bond donors (Lipinski definition) is 0. The number of rotatable bonds is 3. The van der Waals surface area contributed by atoms with E-state index in [9.17, 15) is 9.18 Å². The molecule has 1 aliphatic rings. The Hall–Kier alpha value is -1.79. The number of aromatic nitrogens is 1. The Kier molecular flexibility index (Phi) is 4.49. The van der Waals surface area contributed by atoms with E-state index >= 15 is 0 Å². The summed E-state index contributed by atoms with van der Waals surface area (Å²) in [7, 11) is 0. The lowest BCUT2D eigenvalue weighted by molar-refractivity contribution is -0.139. The normalized spacial score (nSPS) is 18.5. The fourth-order valence-corrected chi connectivity index (χ4v) is 3.22. The van der Waals surface area contributed by atoms with Gasteiger partial charge in [0.1, 0.15) is 5.82 Å². The van der Waals surface area contributed by atoms with Gasteiger partial charge in [0.25, 0.3) is 0 Å². The highest BCUT2D eigenvalue weighted by Gasteiger charge is 2.30. The number of nitrogens with zero attached hydrogens (tertiary/aromatic N) is 2. The molecule has 2 heterocycles. The van der Waals surface area contributed by atoms with Crippen molar-refractivity contribution in [2.75, 3.05) is 19.8 Å². The van der Waals surface area contributed by atoms with Gasteiger partial charge in [-0.1, -0.05) is 12.1 Å². The zero-order chi connectivity index (χ0) is 15.5. The van der Waals surface area contributed by atoms with Gasteiger partial charge in [-0.05, 0) is 24.6 Å². The summed E-state index contributed by atoms with van der Waals surface area (Å²) in [6.07, 6.45) is 0.264. The van der Waals surface area contributed by atoms with E-state index in [1.165, 1.54) is 12.1 Å². The van der Waals surface area contributed by atoms with Crippen LogP contribution in [0.25, 0.3) is 0 Å². The Morgan fingerprint density at radius 1 is 1.45 bits per heavy atom. The summed E-state index contributed by atoms with van der Waals surface area (Å²) in [6.45, 7) is 3.51. The number of thiazole rings is 1. The summed E-state index contributed by atoms with van der Waals surface area (Å²) < 4.78 is 18.5.